The van der Waals surface area contributed by atoms with E-state index in [1.54, 1.807) is 0 Å². The first kappa shape index (κ1) is 11.2. The van der Waals surface area contributed by atoms with Crippen molar-refractivity contribution in [3.63, 3.8) is 0 Å². The number of amides is 3. The van der Waals surface area contributed by atoms with Crippen LogP contribution in [0.4, 0.5) is 4.79 Å². The van der Waals surface area contributed by atoms with E-state index in [-0.39, 0.29) is 18.5 Å². The third-order valence-electron chi connectivity index (χ3n) is 3.04. The average molecular weight is 225 g/mol. The highest BCUT2D eigenvalue weighted by atomic mass is 16.2. The summed E-state index contributed by atoms with van der Waals surface area (Å²) in [7, 11) is 0. The molecule has 3 amide bonds. The van der Waals surface area contributed by atoms with Gasteiger partial charge in [-0.3, -0.25) is 4.79 Å². The molecule has 0 atom stereocenters. The van der Waals surface area contributed by atoms with Crippen LogP contribution in [0.15, 0.2) is 0 Å². The third kappa shape index (κ3) is 3.72. The Labute approximate surface area is 95.3 Å². The Morgan fingerprint density at radius 1 is 0.938 bits per heavy atom. The lowest BCUT2D eigenvalue weighted by Crippen LogP contribution is -2.44. The maximum atomic E-state index is 11.5. The van der Waals surface area contributed by atoms with Crippen LogP contribution >= 0.6 is 0 Å². The second-order valence-electron chi connectivity index (χ2n) is 4.65. The zero-order valence-corrected chi connectivity index (χ0v) is 9.42. The molecule has 3 N–H and O–H groups in total. The molecule has 2 rings (SSSR count). The minimum absolute atomic E-state index is 0.0784. The fourth-order valence-electron chi connectivity index (χ4n) is 1.97. The van der Waals surface area contributed by atoms with E-state index in [2.05, 4.69) is 16.0 Å². The maximum Gasteiger partial charge on any atom is 0.315 e. The van der Waals surface area contributed by atoms with Crippen LogP contribution in [0.1, 0.15) is 38.5 Å². The van der Waals surface area contributed by atoms with Crippen LogP contribution in [-0.4, -0.2) is 30.6 Å². The lowest BCUT2D eigenvalue weighted by Gasteiger charge is -2.12. The average Bonchev–Trinajstić information content (AvgIpc) is 2.91. The highest BCUT2D eigenvalue weighted by Crippen LogP contribution is 2.18. The van der Waals surface area contributed by atoms with Crippen LogP contribution in [0.5, 0.6) is 0 Å². The first-order chi connectivity index (χ1) is 7.74. The van der Waals surface area contributed by atoms with Gasteiger partial charge in [0.15, 0.2) is 0 Å². The van der Waals surface area contributed by atoms with E-state index < -0.39 is 0 Å². The Hall–Kier alpha value is -1.26. The quantitative estimate of drug-likeness (QED) is 0.652. The summed E-state index contributed by atoms with van der Waals surface area (Å²) in [6.45, 7) is 0.0784. The van der Waals surface area contributed by atoms with Crippen LogP contribution < -0.4 is 16.0 Å². The topological polar surface area (TPSA) is 70.2 Å². The van der Waals surface area contributed by atoms with E-state index in [1.165, 1.54) is 12.8 Å². The molecular weight excluding hydrogens is 206 g/mol. The minimum Gasteiger partial charge on any atom is -0.352 e. The molecule has 0 aromatic rings. The van der Waals surface area contributed by atoms with Gasteiger partial charge in [0.05, 0.1) is 6.54 Å². The summed E-state index contributed by atoms with van der Waals surface area (Å²) in [5.74, 6) is -0.0853. The lowest BCUT2D eigenvalue weighted by atomic mass is 10.2. The molecular formula is C11H19N3O2. The van der Waals surface area contributed by atoms with Crippen molar-refractivity contribution in [2.45, 2.75) is 50.6 Å². The van der Waals surface area contributed by atoms with Crippen LogP contribution in [0.3, 0.4) is 0 Å². The maximum absolute atomic E-state index is 11.5. The first-order valence-electron chi connectivity index (χ1n) is 6.08. The number of hydrogen-bond donors (Lipinski definition) is 3. The van der Waals surface area contributed by atoms with Gasteiger partial charge in [-0.05, 0) is 25.7 Å². The normalized spacial score (nSPS) is 20.5. The predicted molar refractivity (Wildman–Crippen MR) is 60.0 cm³/mol. The molecule has 0 aromatic heterocycles. The van der Waals surface area contributed by atoms with Crippen molar-refractivity contribution >= 4 is 11.9 Å². The van der Waals surface area contributed by atoms with Crippen molar-refractivity contribution in [2.75, 3.05) is 6.54 Å². The standard InChI is InChI=1S/C11H19N3O2/c15-10(13-8-3-1-2-4-8)7-12-11(16)14-9-5-6-9/h8-9H,1-7H2,(H,13,15)(H2,12,14,16). The predicted octanol–water partition coefficient (Wildman–Crippen LogP) is 0.507. The van der Waals surface area contributed by atoms with Crippen molar-refractivity contribution in [3.8, 4) is 0 Å². The largest absolute Gasteiger partial charge is 0.352 e. The molecule has 0 spiro atoms. The van der Waals surface area contributed by atoms with Gasteiger partial charge < -0.3 is 16.0 Å². The van der Waals surface area contributed by atoms with E-state index in [0.29, 0.717) is 12.1 Å². The molecule has 0 heterocycles. The molecule has 16 heavy (non-hydrogen) atoms. The van der Waals surface area contributed by atoms with Gasteiger partial charge in [-0.2, -0.15) is 0 Å². The van der Waals surface area contributed by atoms with Crippen LogP contribution in [0.25, 0.3) is 0 Å². The fraction of sp³-hybridized carbons (Fsp3) is 0.818. The van der Waals surface area contributed by atoms with Crippen molar-refractivity contribution in [2.24, 2.45) is 0 Å². The molecule has 2 fully saturated rings. The van der Waals surface area contributed by atoms with Crippen LogP contribution in [0, 0.1) is 0 Å². The van der Waals surface area contributed by atoms with Gasteiger partial charge in [0, 0.05) is 12.1 Å². The Morgan fingerprint density at radius 3 is 2.19 bits per heavy atom. The molecule has 2 saturated carbocycles. The smallest absolute Gasteiger partial charge is 0.315 e. The molecule has 2 aliphatic rings. The van der Waals surface area contributed by atoms with Crippen molar-refractivity contribution in [3.05, 3.63) is 0 Å². The Bertz CT molecular complexity index is 270. The summed E-state index contributed by atoms with van der Waals surface area (Å²) < 4.78 is 0. The first-order valence-corrected chi connectivity index (χ1v) is 6.08. The third-order valence-corrected chi connectivity index (χ3v) is 3.04. The van der Waals surface area contributed by atoms with Gasteiger partial charge in [-0.1, -0.05) is 12.8 Å². The number of urea groups is 1. The number of nitrogens with one attached hydrogen (secondary N) is 3. The zero-order valence-electron chi connectivity index (χ0n) is 9.42. The summed E-state index contributed by atoms with van der Waals surface area (Å²) in [5, 5.41) is 8.26. The molecule has 0 aromatic carbocycles. The van der Waals surface area contributed by atoms with E-state index in [4.69, 9.17) is 0 Å². The van der Waals surface area contributed by atoms with Crippen molar-refractivity contribution in [1.82, 2.24) is 16.0 Å². The second kappa shape index (κ2) is 5.18. The molecule has 0 saturated heterocycles. The number of carbonyl (C=O) groups is 2. The summed E-state index contributed by atoms with van der Waals surface area (Å²) in [5.41, 5.74) is 0. The molecule has 2 aliphatic carbocycles. The summed E-state index contributed by atoms with van der Waals surface area (Å²) in [4.78, 5) is 22.7. The van der Waals surface area contributed by atoms with E-state index >= 15 is 0 Å². The highest BCUT2D eigenvalue weighted by molar-refractivity contribution is 5.84. The second-order valence-corrected chi connectivity index (χ2v) is 4.65. The minimum atomic E-state index is -0.232. The highest BCUT2D eigenvalue weighted by Gasteiger charge is 2.23. The molecule has 0 radical (unpaired) electrons. The molecule has 0 aliphatic heterocycles. The van der Waals surface area contributed by atoms with E-state index in [9.17, 15) is 9.59 Å². The van der Waals surface area contributed by atoms with Gasteiger partial charge in [-0.15, -0.1) is 0 Å². The lowest BCUT2D eigenvalue weighted by molar-refractivity contribution is -0.120. The van der Waals surface area contributed by atoms with Crippen molar-refractivity contribution < 1.29 is 9.59 Å². The van der Waals surface area contributed by atoms with E-state index in [0.717, 1.165) is 25.7 Å². The number of carbonyl (C=O) groups excluding carboxylic acids is 2. The Kier molecular flexibility index (Phi) is 3.64. The van der Waals surface area contributed by atoms with Gasteiger partial charge in [0.2, 0.25) is 5.91 Å². The number of hydrogen-bond acceptors (Lipinski definition) is 2. The van der Waals surface area contributed by atoms with Gasteiger partial charge in [0.1, 0.15) is 0 Å². The number of rotatable bonds is 4. The fourth-order valence-corrected chi connectivity index (χ4v) is 1.97. The van der Waals surface area contributed by atoms with Gasteiger partial charge in [-0.25, -0.2) is 4.79 Å². The van der Waals surface area contributed by atoms with Crippen LogP contribution in [-0.2, 0) is 4.79 Å². The summed E-state index contributed by atoms with van der Waals surface area (Å²) >= 11 is 0. The molecule has 5 nitrogen and oxygen atoms in total. The Morgan fingerprint density at radius 2 is 1.56 bits per heavy atom. The van der Waals surface area contributed by atoms with Gasteiger partial charge >= 0.3 is 6.03 Å². The van der Waals surface area contributed by atoms with Gasteiger partial charge in [0.25, 0.3) is 0 Å². The molecule has 90 valence electrons. The summed E-state index contributed by atoms with van der Waals surface area (Å²) in [6, 6.07) is 0.419. The molecule has 5 heteroatoms. The monoisotopic (exact) mass is 225 g/mol. The molecule has 0 bridgehead atoms. The van der Waals surface area contributed by atoms with Crippen LogP contribution in [0.2, 0.25) is 0 Å². The zero-order chi connectivity index (χ0) is 11.4. The SMILES string of the molecule is O=C(CNC(=O)NC1CC1)NC1CCCC1. The van der Waals surface area contributed by atoms with Crippen molar-refractivity contribution in [1.29, 1.82) is 0 Å². The molecule has 0 unspecified atom stereocenters. The summed E-state index contributed by atoms with van der Waals surface area (Å²) in [6.07, 6.45) is 6.64. The Balaban J connectivity index is 1.57. The van der Waals surface area contributed by atoms with E-state index in [1.807, 2.05) is 0 Å².